The fourth-order valence-electron chi connectivity index (χ4n) is 3.02. The maximum atomic E-state index is 12.8. The number of ether oxygens (including phenoxy) is 3. The van der Waals surface area contributed by atoms with E-state index in [9.17, 15) is 4.21 Å². The molecule has 1 aromatic carbocycles. The van der Waals surface area contributed by atoms with Crippen LogP contribution in [0.5, 0.6) is 5.75 Å². The Hall–Kier alpha value is -1.29. The zero-order valence-corrected chi connectivity index (χ0v) is 20.6. The summed E-state index contributed by atoms with van der Waals surface area (Å²) in [6.45, 7) is 7.67. The largest absolute Gasteiger partial charge is 1.00 e. The Morgan fingerprint density at radius 3 is 2.70 bits per heavy atom. The first-order chi connectivity index (χ1) is 13.9. The SMILES string of the molecule is Cc1c(OCC2OCC(C)(C)CO2)ccnc1CS(=O)c1nc2ccccc2[n-]1.[Na+]. The third-order valence-electron chi connectivity index (χ3n) is 4.74. The Bertz CT molecular complexity index is 997. The Labute approximate surface area is 200 Å². The summed E-state index contributed by atoms with van der Waals surface area (Å²) in [5.41, 5.74) is 3.05. The van der Waals surface area contributed by atoms with Crippen molar-refractivity contribution in [3.8, 4) is 5.75 Å². The second kappa shape index (κ2) is 9.89. The molecule has 1 unspecified atom stereocenters. The van der Waals surface area contributed by atoms with Crippen molar-refractivity contribution in [2.24, 2.45) is 5.41 Å². The van der Waals surface area contributed by atoms with Crippen LogP contribution >= 0.6 is 0 Å². The average molecular weight is 437 g/mol. The smallest absolute Gasteiger partial charge is 0.488 e. The Morgan fingerprint density at radius 2 is 1.97 bits per heavy atom. The number of benzene rings is 1. The van der Waals surface area contributed by atoms with E-state index in [0.29, 0.717) is 36.4 Å². The van der Waals surface area contributed by atoms with Gasteiger partial charge in [0.05, 0.1) is 35.5 Å². The Kier molecular flexibility index (Phi) is 7.71. The molecule has 154 valence electrons. The molecule has 1 aliphatic heterocycles. The third-order valence-corrected chi connectivity index (χ3v) is 5.86. The van der Waals surface area contributed by atoms with E-state index in [1.807, 2.05) is 31.2 Å². The van der Waals surface area contributed by atoms with E-state index in [1.54, 1.807) is 12.3 Å². The molecule has 30 heavy (non-hydrogen) atoms. The fourth-order valence-corrected chi connectivity index (χ4v) is 4.09. The van der Waals surface area contributed by atoms with Gasteiger partial charge < -0.3 is 24.2 Å². The second-order valence-electron chi connectivity index (χ2n) is 7.89. The first-order valence-electron chi connectivity index (χ1n) is 9.50. The van der Waals surface area contributed by atoms with Crippen LogP contribution in [0.25, 0.3) is 11.0 Å². The molecule has 1 saturated heterocycles. The Morgan fingerprint density at radius 1 is 1.23 bits per heavy atom. The van der Waals surface area contributed by atoms with Crippen LogP contribution in [0.2, 0.25) is 0 Å². The van der Waals surface area contributed by atoms with E-state index in [-0.39, 0.29) is 40.7 Å². The number of nitrogens with zero attached hydrogens (tertiary/aromatic N) is 3. The van der Waals surface area contributed by atoms with Crippen molar-refractivity contribution in [2.45, 2.75) is 38.0 Å². The van der Waals surface area contributed by atoms with Gasteiger partial charge in [0.25, 0.3) is 0 Å². The molecule has 1 aliphatic rings. The number of imidazole rings is 1. The van der Waals surface area contributed by atoms with E-state index < -0.39 is 17.1 Å². The Balaban J connectivity index is 0.00000256. The number of hydrogen-bond acceptors (Lipinski definition) is 6. The number of aromatic nitrogens is 3. The minimum atomic E-state index is -1.39. The monoisotopic (exact) mass is 437 g/mol. The third kappa shape index (κ3) is 5.49. The first-order valence-corrected chi connectivity index (χ1v) is 10.8. The molecule has 0 amide bonds. The average Bonchev–Trinajstić information content (AvgIpc) is 3.14. The van der Waals surface area contributed by atoms with Crippen LogP contribution in [0.4, 0.5) is 0 Å². The molecule has 1 atom stereocenters. The van der Waals surface area contributed by atoms with Crippen molar-refractivity contribution < 1.29 is 48.0 Å². The topological polar surface area (TPSA) is 84.6 Å². The van der Waals surface area contributed by atoms with Crippen LogP contribution in [-0.2, 0) is 26.0 Å². The van der Waals surface area contributed by atoms with Crippen molar-refractivity contribution in [1.82, 2.24) is 15.0 Å². The summed E-state index contributed by atoms with van der Waals surface area (Å²) >= 11 is 0. The second-order valence-corrected chi connectivity index (χ2v) is 9.24. The van der Waals surface area contributed by atoms with Gasteiger partial charge in [-0.3, -0.25) is 9.19 Å². The first kappa shape index (κ1) is 23.4. The van der Waals surface area contributed by atoms with Crippen LogP contribution in [0.3, 0.4) is 0 Å². The standard InChI is InChI=1S/C21H24N3O4S.Na/c1-14-17(11-29(25)20-23-15-6-4-5-7-16(15)24-20)22-9-8-18(14)26-10-19-27-12-21(2,3)13-28-19;/h4-9,19H,10-13H2,1-3H3;/q-1;+1. The summed E-state index contributed by atoms with van der Waals surface area (Å²) in [6, 6.07) is 9.28. The van der Waals surface area contributed by atoms with Crippen molar-refractivity contribution >= 4 is 21.8 Å². The van der Waals surface area contributed by atoms with Crippen LogP contribution in [0.15, 0.2) is 41.7 Å². The van der Waals surface area contributed by atoms with Gasteiger partial charge in [0.2, 0.25) is 0 Å². The van der Waals surface area contributed by atoms with Gasteiger partial charge >= 0.3 is 29.6 Å². The molecule has 2 aromatic heterocycles. The van der Waals surface area contributed by atoms with Crippen LogP contribution in [-0.4, -0.2) is 40.3 Å². The van der Waals surface area contributed by atoms with E-state index in [1.165, 1.54) is 0 Å². The summed E-state index contributed by atoms with van der Waals surface area (Å²) in [7, 11) is -1.39. The number of fused-ring (bicyclic) bond motifs is 1. The number of rotatable bonds is 6. The molecule has 4 rings (SSSR count). The molecular weight excluding hydrogens is 413 g/mol. The van der Waals surface area contributed by atoms with Crippen LogP contribution in [0.1, 0.15) is 25.1 Å². The van der Waals surface area contributed by atoms with Crippen molar-refractivity contribution in [1.29, 1.82) is 0 Å². The van der Waals surface area contributed by atoms with Crippen molar-refractivity contribution in [3.05, 3.63) is 47.8 Å². The summed E-state index contributed by atoms with van der Waals surface area (Å²) in [4.78, 5) is 13.1. The zero-order valence-electron chi connectivity index (χ0n) is 17.8. The minimum Gasteiger partial charge on any atom is -0.488 e. The molecule has 0 spiro atoms. The molecule has 3 heterocycles. The van der Waals surface area contributed by atoms with Crippen molar-refractivity contribution in [2.75, 3.05) is 19.8 Å². The van der Waals surface area contributed by atoms with E-state index in [4.69, 9.17) is 14.2 Å². The minimum absolute atomic E-state index is 0. The number of pyridine rings is 1. The molecule has 1 fully saturated rings. The van der Waals surface area contributed by atoms with Gasteiger partial charge in [0.15, 0.2) is 6.29 Å². The van der Waals surface area contributed by atoms with Gasteiger partial charge in [-0.05, 0) is 24.0 Å². The molecule has 7 nitrogen and oxygen atoms in total. The fraction of sp³-hybridized carbons (Fsp3) is 0.429. The quantitative estimate of drug-likeness (QED) is 0.502. The van der Waals surface area contributed by atoms with Gasteiger partial charge in [-0.1, -0.05) is 38.1 Å². The number of hydrogen-bond donors (Lipinski definition) is 0. The zero-order chi connectivity index (χ0) is 20.4. The number of para-hydroxylation sites is 2. The molecule has 0 N–H and O–H groups in total. The maximum Gasteiger partial charge on any atom is 1.00 e. The van der Waals surface area contributed by atoms with E-state index >= 15 is 0 Å². The van der Waals surface area contributed by atoms with Crippen molar-refractivity contribution in [3.63, 3.8) is 0 Å². The van der Waals surface area contributed by atoms with Gasteiger partial charge in [-0.15, -0.1) is 0 Å². The molecule has 0 saturated carbocycles. The normalized spacial score (nSPS) is 17.4. The predicted octanol–water partition coefficient (Wildman–Crippen LogP) is -0.0149. The van der Waals surface area contributed by atoms with E-state index in [0.717, 1.165) is 16.6 Å². The summed E-state index contributed by atoms with van der Waals surface area (Å²) in [5, 5.41) is 0.324. The van der Waals surface area contributed by atoms with Gasteiger partial charge in [0.1, 0.15) is 12.4 Å². The summed E-state index contributed by atoms with van der Waals surface area (Å²) < 4.78 is 30.1. The summed E-state index contributed by atoms with van der Waals surface area (Å²) in [6.07, 6.45) is 1.27. The summed E-state index contributed by atoms with van der Waals surface area (Å²) in [5.74, 6) is 0.905. The molecule has 0 bridgehead atoms. The molecule has 9 heteroatoms. The maximum absolute atomic E-state index is 12.8. The molecule has 3 aromatic rings. The van der Waals surface area contributed by atoms with Crippen LogP contribution in [0, 0.1) is 12.3 Å². The van der Waals surface area contributed by atoms with E-state index in [2.05, 4.69) is 28.8 Å². The molecular formula is C21H24N3NaO4S. The van der Waals surface area contributed by atoms with Gasteiger partial charge in [-0.25, -0.2) is 0 Å². The predicted molar refractivity (Wildman–Crippen MR) is 109 cm³/mol. The molecule has 0 aliphatic carbocycles. The van der Waals surface area contributed by atoms with Gasteiger partial charge in [-0.2, -0.15) is 0 Å². The molecule has 0 radical (unpaired) electrons. The van der Waals surface area contributed by atoms with Gasteiger partial charge in [0, 0.05) is 22.3 Å². The van der Waals surface area contributed by atoms with Crippen LogP contribution < -0.4 is 39.3 Å².